The van der Waals surface area contributed by atoms with Crippen molar-refractivity contribution in [3.8, 4) is 0 Å². The molecule has 0 radical (unpaired) electrons. The predicted octanol–water partition coefficient (Wildman–Crippen LogP) is 4.79. The Morgan fingerprint density at radius 1 is 0.909 bits per heavy atom. The number of aromatic carboxylic acids is 1. The van der Waals surface area contributed by atoms with E-state index >= 15 is 0 Å². The van der Waals surface area contributed by atoms with Gasteiger partial charge in [-0.1, -0.05) is 42.5 Å². The second-order valence-electron chi connectivity index (χ2n) is 8.33. The molecule has 0 aromatic heterocycles. The zero-order valence-corrected chi connectivity index (χ0v) is 19.2. The van der Waals surface area contributed by atoms with Gasteiger partial charge in [0.15, 0.2) is 5.96 Å². The van der Waals surface area contributed by atoms with E-state index in [1.54, 1.807) is 24.3 Å². The SMILES string of the molecule is Cc1cccc(N2CCN(C(=NCc3ccccc3)Nc3ccc(C(=O)O)cc3)CC2)c1C. The van der Waals surface area contributed by atoms with Crippen LogP contribution in [0.15, 0.2) is 77.8 Å². The number of carboxylic acids is 1. The topological polar surface area (TPSA) is 68.2 Å². The Kier molecular flexibility index (Phi) is 6.93. The van der Waals surface area contributed by atoms with Crippen molar-refractivity contribution in [2.24, 2.45) is 4.99 Å². The van der Waals surface area contributed by atoms with E-state index in [0.29, 0.717) is 6.54 Å². The summed E-state index contributed by atoms with van der Waals surface area (Å²) in [5, 5.41) is 12.6. The summed E-state index contributed by atoms with van der Waals surface area (Å²) >= 11 is 0. The number of nitrogens with zero attached hydrogens (tertiary/aromatic N) is 3. The molecule has 6 heteroatoms. The highest BCUT2D eigenvalue weighted by atomic mass is 16.4. The van der Waals surface area contributed by atoms with Crippen LogP contribution in [-0.2, 0) is 6.54 Å². The molecule has 1 aliphatic heterocycles. The average Bonchev–Trinajstić information content (AvgIpc) is 2.84. The summed E-state index contributed by atoms with van der Waals surface area (Å²) in [5.74, 6) is -0.121. The normalized spacial score (nSPS) is 14.3. The lowest BCUT2D eigenvalue weighted by atomic mass is 10.1. The molecule has 6 nitrogen and oxygen atoms in total. The molecule has 0 atom stereocenters. The van der Waals surface area contributed by atoms with Crippen LogP contribution in [0.2, 0.25) is 0 Å². The molecule has 0 unspecified atom stereocenters. The third-order valence-electron chi connectivity index (χ3n) is 6.14. The van der Waals surface area contributed by atoms with E-state index in [1.807, 2.05) is 18.2 Å². The standard InChI is InChI=1S/C27H30N4O2/c1-20-7-6-10-25(21(20)2)30-15-17-31(18-16-30)27(28-19-22-8-4-3-5-9-22)29-24-13-11-23(12-14-24)26(32)33/h3-14H,15-19H2,1-2H3,(H,28,29)(H,32,33). The van der Waals surface area contributed by atoms with E-state index in [9.17, 15) is 9.90 Å². The van der Waals surface area contributed by atoms with Crippen LogP contribution in [0.1, 0.15) is 27.0 Å². The Morgan fingerprint density at radius 2 is 1.61 bits per heavy atom. The lowest BCUT2D eigenvalue weighted by Gasteiger charge is -2.38. The summed E-state index contributed by atoms with van der Waals surface area (Å²) in [6.45, 7) is 8.44. The number of rotatable bonds is 5. The van der Waals surface area contributed by atoms with Crippen molar-refractivity contribution in [3.63, 3.8) is 0 Å². The number of guanidine groups is 1. The molecule has 0 amide bonds. The molecule has 1 saturated heterocycles. The molecule has 4 rings (SSSR count). The number of benzene rings is 3. The molecule has 3 aromatic carbocycles. The van der Waals surface area contributed by atoms with E-state index in [2.05, 4.69) is 59.3 Å². The van der Waals surface area contributed by atoms with Crippen molar-refractivity contribution >= 4 is 23.3 Å². The number of hydrogen-bond donors (Lipinski definition) is 2. The molecule has 0 spiro atoms. The molecule has 2 N–H and O–H groups in total. The van der Waals surface area contributed by atoms with Crippen LogP contribution in [0, 0.1) is 13.8 Å². The van der Waals surface area contributed by atoms with Crippen molar-refractivity contribution in [3.05, 3.63) is 95.1 Å². The van der Waals surface area contributed by atoms with Crippen LogP contribution in [0.4, 0.5) is 11.4 Å². The number of nitrogens with one attached hydrogen (secondary N) is 1. The van der Waals surface area contributed by atoms with Gasteiger partial charge in [-0.25, -0.2) is 9.79 Å². The maximum absolute atomic E-state index is 11.2. The third-order valence-corrected chi connectivity index (χ3v) is 6.14. The molecule has 1 heterocycles. The van der Waals surface area contributed by atoms with Crippen LogP contribution in [-0.4, -0.2) is 48.1 Å². The van der Waals surface area contributed by atoms with Crippen molar-refractivity contribution in [2.45, 2.75) is 20.4 Å². The predicted molar refractivity (Wildman–Crippen MR) is 134 cm³/mol. The highest BCUT2D eigenvalue weighted by Crippen LogP contribution is 2.24. The Bertz CT molecular complexity index is 1120. The summed E-state index contributed by atoms with van der Waals surface area (Å²) in [6, 6.07) is 23.5. The van der Waals surface area contributed by atoms with Gasteiger partial charge < -0.3 is 20.2 Å². The molecule has 33 heavy (non-hydrogen) atoms. The van der Waals surface area contributed by atoms with Gasteiger partial charge in [-0.3, -0.25) is 0 Å². The fourth-order valence-corrected chi connectivity index (χ4v) is 4.03. The van der Waals surface area contributed by atoms with Crippen LogP contribution in [0.3, 0.4) is 0 Å². The highest BCUT2D eigenvalue weighted by molar-refractivity contribution is 5.95. The number of carboxylic acid groups (broad SMARTS) is 1. The molecule has 1 fully saturated rings. The number of aryl methyl sites for hydroxylation is 1. The van der Waals surface area contributed by atoms with Crippen molar-refractivity contribution < 1.29 is 9.90 Å². The van der Waals surface area contributed by atoms with Crippen molar-refractivity contribution in [2.75, 3.05) is 36.4 Å². The van der Waals surface area contributed by atoms with Crippen molar-refractivity contribution in [1.29, 1.82) is 0 Å². The Balaban J connectivity index is 1.50. The monoisotopic (exact) mass is 442 g/mol. The van der Waals surface area contributed by atoms with Gasteiger partial charge in [0.05, 0.1) is 12.1 Å². The lowest BCUT2D eigenvalue weighted by Crippen LogP contribution is -2.51. The first-order valence-electron chi connectivity index (χ1n) is 11.3. The largest absolute Gasteiger partial charge is 0.478 e. The molecule has 170 valence electrons. The highest BCUT2D eigenvalue weighted by Gasteiger charge is 2.21. The molecule has 1 aliphatic rings. The fourth-order valence-electron chi connectivity index (χ4n) is 4.03. The first-order valence-corrected chi connectivity index (χ1v) is 11.3. The number of carbonyl (C=O) groups is 1. The van der Waals surface area contributed by atoms with Gasteiger partial charge in [0.1, 0.15) is 0 Å². The van der Waals surface area contributed by atoms with Crippen LogP contribution < -0.4 is 10.2 Å². The van der Waals surface area contributed by atoms with Gasteiger partial charge in [-0.15, -0.1) is 0 Å². The first-order chi connectivity index (χ1) is 16.0. The summed E-state index contributed by atoms with van der Waals surface area (Å²) in [6.07, 6.45) is 0. The minimum atomic E-state index is -0.929. The summed E-state index contributed by atoms with van der Waals surface area (Å²) < 4.78 is 0. The second kappa shape index (κ2) is 10.2. The van der Waals surface area contributed by atoms with Crippen LogP contribution in [0.25, 0.3) is 0 Å². The molecule has 0 saturated carbocycles. The van der Waals surface area contributed by atoms with E-state index in [4.69, 9.17) is 4.99 Å². The second-order valence-corrected chi connectivity index (χ2v) is 8.33. The molecular weight excluding hydrogens is 412 g/mol. The summed E-state index contributed by atoms with van der Waals surface area (Å²) in [7, 11) is 0. The Hall–Kier alpha value is -3.80. The number of hydrogen-bond acceptors (Lipinski definition) is 3. The molecule has 0 bridgehead atoms. The average molecular weight is 443 g/mol. The summed E-state index contributed by atoms with van der Waals surface area (Å²) in [5.41, 5.74) is 6.18. The minimum absolute atomic E-state index is 0.269. The van der Waals surface area contributed by atoms with Crippen LogP contribution in [0.5, 0.6) is 0 Å². The van der Waals surface area contributed by atoms with Gasteiger partial charge in [0.2, 0.25) is 0 Å². The smallest absolute Gasteiger partial charge is 0.335 e. The maximum atomic E-state index is 11.2. The van der Waals surface area contributed by atoms with E-state index in [-0.39, 0.29) is 5.56 Å². The van der Waals surface area contributed by atoms with Gasteiger partial charge >= 0.3 is 5.97 Å². The lowest BCUT2D eigenvalue weighted by molar-refractivity contribution is 0.0697. The number of aliphatic imine (C=N–C) groups is 1. The zero-order chi connectivity index (χ0) is 23.2. The zero-order valence-electron chi connectivity index (χ0n) is 19.2. The van der Waals surface area contributed by atoms with E-state index in [1.165, 1.54) is 16.8 Å². The van der Waals surface area contributed by atoms with Gasteiger partial charge in [-0.2, -0.15) is 0 Å². The van der Waals surface area contributed by atoms with Gasteiger partial charge in [0.25, 0.3) is 0 Å². The quantitative estimate of drug-likeness (QED) is 0.439. The number of anilines is 2. The fraction of sp³-hybridized carbons (Fsp3) is 0.259. The van der Waals surface area contributed by atoms with Crippen molar-refractivity contribution in [1.82, 2.24) is 4.90 Å². The third kappa shape index (κ3) is 5.52. The number of piperazine rings is 1. The van der Waals surface area contributed by atoms with Crippen LogP contribution >= 0.6 is 0 Å². The van der Waals surface area contributed by atoms with Gasteiger partial charge in [0, 0.05) is 37.6 Å². The van der Waals surface area contributed by atoms with E-state index < -0.39 is 5.97 Å². The first kappa shape index (κ1) is 22.4. The Labute approximate surface area is 195 Å². The Morgan fingerprint density at radius 3 is 2.27 bits per heavy atom. The van der Waals surface area contributed by atoms with Gasteiger partial charge in [-0.05, 0) is 60.9 Å². The van der Waals surface area contributed by atoms with E-state index in [0.717, 1.165) is 43.4 Å². The molecule has 0 aliphatic carbocycles. The molecule has 3 aromatic rings. The maximum Gasteiger partial charge on any atom is 0.335 e. The minimum Gasteiger partial charge on any atom is -0.478 e. The molecular formula is C27H30N4O2. The summed E-state index contributed by atoms with van der Waals surface area (Å²) in [4.78, 5) is 20.8.